The molecule has 0 radical (unpaired) electrons. The first-order valence-electron chi connectivity index (χ1n) is 5.60. The molecule has 2 aromatic rings. The van der Waals surface area contributed by atoms with Crippen molar-refractivity contribution in [1.82, 2.24) is 5.32 Å². The molecule has 2 rings (SSSR count). The number of nitrogens with one attached hydrogen (secondary N) is 1. The van der Waals surface area contributed by atoms with Crippen LogP contribution in [0.15, 0.2) is 40.9 Å². The van der Waals surface area contributed by atoms with Crippen LogP contribution in [0.3, 0.4) is 0 Å². The summed E-state index contributed by atoms with van der Waals surface area (Å²) in [5, 5.41) is 4.05. The first kappa shape index (κ1) is 14.8. The van der Waals surface area contributed by atoms with E-state index >= 15 is 0 Å². The highest BCUT2D eigenvalue weighted by Gasteiger charge is 2.17. The molecule has 0 heterocycles. The molecule has 1 unspecified atom stereocenters. The predicted molar refractivity (Wildman–Crippen MR) is 81.5 cm³/mol. The molecule has 0 aliphatic carbocycles. The van der Waals surface area contributed by atoms with Crippen LogP contribution in [0.5, 0.6) is 0 Å². The molecule has 0 fully saturated rings. The third-order valence-electron chi connectivity index (χ3n) is 2.84. The molecule has 0 aliphatic rings. The topological polar surface area (TPSA) is 12.0 Å². The van der Waals surface area contributed by atoms with E-state index < -0.39 is 0 Å². The van der Waals surface area contributed by atoms with E-state index in [0.717, 1.165) is 10.0 Å². The Balaban J connectivity index is 2.46. The Morgan fingerprint density at radius 3 is 2.47 bits per heavy atom. The highest BCUT2D eigenvalue weighted by molar-refractivity contribution is 9.10. The summed E-state index contributed by atoms with van der Waals surface area (Å²) in [4.78, 5) is 0. The number of hydrogen-bond acceptors (Lipinski definition) is 1. The van der Waals surface area contributed by atoms with Gasteiger partial charge in [0.05, 0.1) is 11.1 Å². The second kappa shape index (κ2) is 6.23. The van der Waals surface area contributed by atoms with Crippen LogP contribution in [0.25, 0.3) is 0 Å². The summed E-state index contributed by atoms with van der Waals surface area (Å²) in [6.45, 7) is 0. The van der Waals surface area contributed by atoms with Crippen molar-refractivity contribution in [3.05, 3.63) is 67.9 Å². The van der Waals surface area contributed by atoms with E-state index in [9.17, 15) is 4.39 Å². The van der Waals surface area contributed by atoms with Crippen LogP contribution in [0.1, 0.15) is 17.2 Å². The quantitative estimate of drug-likeness (QED) is 0.790. The molecule has 1 N–H and O–H groups in total. The second-order valence-corrected chi connectivity index (χ2v) is 5.76. The first-order chi connectivity index (χ1) is 9.02. The standard InChI is InChI=1S/C14H11BrCl2FN/c1-19-14(8-2-5-11(15)12(17)6-8)10-4-3-9(16)7-13(10)18/h2-7,14,19H,1H3. The molecule has 1 atom stereocenters. The largest absolute Gasteiger partial charge is 0.309 e. The molecule has 0 aromatic heterocycles. The van der Waals surface area contributed by atoms with E-state index in [2.05, 4.69) is 21.2 Å². The second-order valence-electron chi connectivity index (χ2n) is 4.06. The Morgan fingerprint density at radius 2 is 1.89 bits per heavy atom. The third kappa shape index (κ3) is 3.29. The van der Waals surface area contributed by atoms with Crippen molar-refractivity contribution in [2.45, 2.75) is 6.04 Å². The summed E-state index contributed by atoms with van der Waals surface area (Å²) >= 11 is 15.2. The van der Waals surface area contributed by atoms with Crippen LogP contribution >= 0.6 is 39.1 Å². The van der Waals surface area contributed by atoms with E-state index in [1.807, 2.05) is 12.1 Å². The lowest BCUT2D eigenvalue weighted by atomic mass is 9.98. The normalized spacial score (nSPS) is 12.5. The molecule has 100 valence electrons. The molecule has 0 spiro atoms. The zero-order valence-electron chi connectivity index (χ0n) is 10.1. The molecular weight excluding hydrogens is 352 g/mol. The van der Waals surface area contributed by atoms with Gasteiger partial charge in [-0.3, -0.25) is 0 Å². The number of benzene rings is 2. The fourth-order valence-electron chi connectivity index (χ4n) is 1.93. The summed E-state index contributed by atoms with van der Waals surface area (Å²) in [5.74, 6) is -0.342. The molecule has 0 aliphatic heterocycles. The highest BCUT2D eigenvalue weighted by atomic mass is 79.9. The predicted octanol–water partition coefficient (Wildman–Crippen LogP) is 5.20. The summed E-state index contributed by atoms with van der Waals surface area (Å²) in [5.41, 5.74) is 1.42. The summed E-state index contributed by atoms with van der Waals surface area (Å²) in [7, 11) is 1.77. The van der Waals surface area contributed by atoms with Gasteiger partial charge in [0.1, 0.15) is 5.82 Å². The molecule has 0 saturated carbocycles. The van der Waals surface area contributed by atoms with Crippen LogP contribution in [0.2, 0.25) is 10.0 Å². The van der Waals surface area contributed by atoms with Crippen molar-refractivity contribution in [3.8, 4) is 0 Å². The molecule has 1 nitrogen and oxygen atoms in total. The lowest BCUT2D eigenvalue weighted by molar-refractivity contribution is 0.576. The van der Waals surface area contributed by atoms with Crippen molar-refractivity contribution >= 4 is 39.1 Å². The Labute approximate surface area is 129 Å². The number of rotatable bonds is 3. The smallest absolute Gasteiger partial charge is 0.129 e. The Bertz CT molecular complexity index is 604. The van der Waals surface area contributed by atoms with E-state index in [1.54, 1.807) is 25.2 Å². The maximum Gasteiger partial charge on any atom is 0.129 e. The van der Waals surface area contributed by atoms with Crippen LogP contribution < -0.4 is 5.32 Å². The van der Waals surface area contributed by atoms with E-state index in [-0.39, 0.29) is 11.9 Å². The molecule has 0 saturated heterocycles. The number of hydrogen-bond donors (Lipinski definition) is 1. The fraction of sp³-hybridized carbons (Fsp3) is 0.143. The van der Waals surface area contributed by atoms with Crippen molar-refractivity contribution in [2.75, 3.05) is 7.05 Å². The monoisotopic (exact) mass is 361 g/mol. The van der Waals surface area contributed by atoms with Gasteiger partial charge in [-0.1, -0.05) is 35.3 Å². The van der Waals surface area contributed by atoms with Gasteiger partial charge in [0.25, 0.3) is 0 Å². The molecule has 0 bridgehead atoms. The zero-order chi connectivity index (χ0) is 14.0. The highest BCUT2D eigenvalue weighted by Crippen LogP contribution is 2.30. The van der Waals surface area contributed by atoms with E-state index in [0.29, 0.717) is 15.6 Å². The van der Waals surface area contributed by atoms with Gasteiger partial charge in [-0.2, -0.15) is 0 Å². The summed E-state index contributed by atoms with van der Waals surface area (Å²) < 4.78 is 14.8. The minimum atomic E-state index is -0.342. The van der Waals surface area contributed by atoms with Gasteiger partial charge in [0, 0.05) is 15.1 Å². The molecule has 0 amide bonds. The first-order valence-corrected chi connectivity index (χ1v) is 7.15. The summed E-state index contributed by atoms with van der Waals surface area (Å²) in [6.07, 6.45) is 0. The van der Waals surface area contributed by atoms with Crippen molar-refractivity contribution in [1.29, 1.82) is 0 Å². The molecule has 5 heteroatoms. The van der Waals surface area contributed by atoms with Gasteiger partial charge in [0.15, 0.2) is 0 Å². The lowest BCUT2D eigenvalue weighted by Crippen LogP contribution is -2.19. The Morgan fingerprint density at radius 1 is 1.16 bits per heavy atom. The van der Waals surface area contributed by atoms with Gasteiger partial charge in [-0.05, 0) is 52.8 Å². The minimum Gasteiger partial charge on any atom is -0.309 e. The van der Waals surface area contributed by atoms with Gasteiger partial charge in [-0.25, -0.2) is 4.39 Å². The maximum absolute atomic E-state index is 14.0. The third-order valence-corrected chi connectivity index (χ3v) is 4.31. The zero-order valence-corrected chi connectivity index (χ0v) is 13.2. The van der Waals surface area contributed by atoms with Crippen molar-refractivity contribution < 1.29 is 4.39 Å². The van der Waals surface area contributed by atoms with E-state index in [1.165, 1.54) is 6.07 Å². The Hall–Kier alpha value is -0.610. The Kier molecular flexibility index (Phi) is 4.85. The lowest BCUT2D eigenvalue weighted by Gasteiger charge is -2.18. The average Bonchev–Trinajstić information content (AvgIpc) is 2.37. The fourth-order valence-corrected chi connectivity index (χ4v) is 2.52. The van der Waals surface area contributed by atoms with Crippen molar-refractivity contribution in [2.24, 2.45) is 0 Å². The molecular formula is C14H11BrCl2FN. The van der Waals surface area contributed by atoms with Gasteiger partial charge in [-0.15, -0.1) is 0 Å². The van der Waals surface area contributed by atoms with Crippen molar-refractivity contribution in [3.63, 3.8) is 0 Å². The summed E-state index contributed by atoms with van der Waals surface area (Å²) in [6, 6.07) is 9.92. The van der Waals surface area contributed by atoms with Crippen LogP contribution in [0, 0.1) is 5.82 Å². The van der Waals surface area contributed by atoms with Crippen LogP contribution in [-0.2, 0) is 0 Å². The van der Waals surface area contributed by atoms with Gasteiger partial charge in [0.2, 0.25) is 0 Å². The van der Waals surface area contributed by atoms with Crippen LogP contribution in [0.4, 0.5) is 4.39 Å². The van der Waals surface area contributed by atoms with Crippen LogP contribution in [-0.4, -0.2) is 7.05 Å². The molecule has 2 aromatic carbocycles. The SMILES string of the molecule is CNC(c1ccc(Br)c(Cl)c1)c1ccc(Cl)cc1F. The van der Waals surface area contributed by atoms with Gasteiger partial charge >= 0.3 is 0 Å². The maximum atomic E-state index is 14.0. The van der Waals surface area contributed by atoms with E-state index in [4.69, 9.17) is 23.2 Å². The average molecular weight is 363 g/mol. The molecule has 19 heavy (non-hydrogen) atoms. The number of halogens is 4. The minimum absolute atomic E-state index is 0.275. The van der Waals surface area contributed by atoms with Gasteiger partial charge < -0.3 is 5.32 Å².